The lowest BCUT2D eigenvalue weighted by Crippen LogP contribution is -1.98. The summed E-state index contributed by atoms with van der Waals surface area (Å²) in [6, 6.07) is 1.93. The van der Waals surface area contributed by atoms with Gasteiger partial charge < -0.3 is 5.73 Å². The molecule has 0 bridgehead atoms. The third-order valence-corrected chi connectivity index (χ3v) is 3.65. The van der Waals surface area contributed by atoms with Gasteiger partial charge >= 0.3 is 0 Å². The van der Waals surface area contributed by atoms with Crippen LogP contribution in [0.3, 0.4) is 0 Å². The Morgan fingerprint density at radius 3 is 2.94 bits per heavy atom. The Labute approximate surface area is 107 Å². The molecule has 2 heterocycles. The molecule has 86 valence electrons. The lowest BCUT2D eigenvalue weighted by molar-refractivity contribution is 0.967. The van der Waals surface area contributed by atoms with Gasteiger partial charge in [-0.05, 0) is 6.92 Å². The standard InChI is InChI=1S/C10H9N5S2/c1-6-14-8(4-16-6)5-17-10-13-3-7(2-11)9(12)15-10/h3-4H,5H2,1H3,(H2,12,13,15). The molecule has 0 radical (unpaired) electrons. The minimum Gasteiger partial charge on any atom is -0.382 e. The highest BCUT2D eigenvalue weighted by molar-refractivity contribution is 7.98. The molecule has 0 saturated heterocycles. The topological polar surface area (TPSA) is 88.5 Å². The molecular formula is C10H9N5S2. The van der Waals surface area contributed by atoms with Crippen LogP contribution >= 0.6 is 23.1 Å². The molecule has 0 spiro atoms. The van der Waals surface area contributed by atoms with Gasteiger partial charge in [0.15, 0.2) is 5.16 Å². The number of thiazole rings is 1. The first-order valence-corrected chi connectivity index (χ1v) is 6.62. The number of rotatable bonds is 3. The second kappa shape index (κ2) is 5.12. The molecule has 2 N–H and O–H groups in total. The van der Waals surface area contributed by atoms with Crippen LogP contribution in [0, 0.1) is 18.3 Å². The number of nitrogens with zero attached hydrogens (tertiary/aromatic N) is 4. The Morgan fingerprint density at radius 2 is 2.35 bits per heavy atom. The van der Waals surface area contributed by atoms with E-state index in [2.05, 4.69) is 15.0 Å². The molecule has 0 saturated carbocycles. The molecular weight excluding hydrogens is 254 g/mol. The molecule has 5 nitrogen and oxygen atoms in total. The summed E-state index contributed by atoms with van der Waals surface area (Å²) in [5, 5.41) is 12.3. The van der Waals surface area contributed by atoms with Crippen LogP contribution in [0.2, 0.25) is 0 Å². The van der Waals surface area contributed by atoms with Gasteiger partial charge in [0.05, 0.1) is 16.9 Å². The fourth-order valence-electron chi connectivity index (χ4n) is 1.15. The number of thioether (sulfide) groups is 1. The number of aryl methyl sites for hydroxylation is 1. The Morgan fingerprint density at radius 1 is 1.53 bits per heavy atom. The van der Waals surface area contributed by atoms with Gasteiger partial charge in [-0.25, -0.2) is 15.0 Å². The van der Waals surface area contributed by atoms with Crippen LogP contribution in [-0.4, -0.2) is 15.0 Å². The Hall–Kier alpha value is -1.65. The molecule has 0 aliphatic rings. The van der Waals surface area contributed by atoms with Crippen LogP contribution < -0.4 is 5.73 Å². The quantitative estimate of drug-likeness (QED) is 0.673. The number of nitrogen functional groups attached to an aromatic ring is 1. The minimum atomic E-state index is 0.222. The molecule has 0 fully saturated rings. The highest BCUT2D eigenvalue weighted by atomic mass is 32.2. The fraction of sp³-hybridized carbons (Fsp3) is 0.200. The maximum atomic E-state index is 8.69. The monoisotopic (exact) mass is 263 g/mol. The molecule has 7 heteroatoms. The molecule has 0 unspecified atom stereocenters. The van der Waals surface area contributed by atoms with Crippen molar-refractivity contribution in [2.75, 3.05) is 5.73 Å². The SMILES string of the molecule is Cc1nc(CSc2ncc(C#N)c(N)n2)cs1. The molecule has 0 aromatic carbocycles. The number of hydrogen-bond donors (Lipinski definition) is 1. The van der Waals surface area contributed by atoms with Gasteiger partial charge in [0.2, 0.25) is 0 Å². The smallest absolute Gasteiger partial charge is 0.189 e. The first-order valence-electron chi connectivity index (χ1n) is 4.75. The van der Waals surface area contributed by atoms with Gasteiger partial charge in [-0.15, -0.1) is 11.3 Å². The largest absolute Gasteiger partial charge is 0.382 e. The van der Waals surface area contributed by atoms with Crippen LogP contribution in [0.15, 0.2) is 16.7 Å². The lowest BCUT2D eigenvalue weighted by atomic mass is 10.3. The van der Waals surface area contributed by atoms with Crippen LogP contribution in [0.4, 0.5) is 5.82 Å². The summed E-state index contributed by atoms with van der Waals surface area (Å²) >= 11 is 3.07. The molecule has 2 rings (SSSR count). The molecule has 0 aliphatic heterocycles. The third-order valence-electron chi connectivity index (χ3n) is 1.93. The van der Waals surface area contributed by atoms with E-state index in [-0.39, 0.29) is 5.82 Å². The van der Waals surface area contributed by atoms with Gasteiger partial charge in [-0.1, -0.05) is 11.8 Å². The predicted octanol–water partition coefficient (Wildman–Crippen LogP) is 1.99. The first-order chi connectivity index (χ1) is 8.19. The van der Waals surface area contributed by atoms with Crippen LogP contribution in [0.1, 0.15) is 16.3 Å². The number of nitriles is 1. The van der Waals surface area contributed by atoms with E-state index < -0.39 is 0 Å². The van der Waals surface area contributed by atoms with E-state index in [1.165, 1.54) is 18.0 Å². The van der Waals surface area contributed by atoms with Crippen molar-refractivity contribution in [1.82, 2.24) is 15.0 Å². The van der Waals surface area contributed by atoms with Crippen molar-refractivity contribution in [1.29, 1.82) is 5.26 Å². The normalized spacial score (nSPS) is 10.1. The average molecular weight is 263 g/mol. The zero-order valence-corrected chi connectivity index (χ0v) is 10.7. The number of hydrogen-bond acceptors (Lipinski definition) is 7. The van der Waals surface area contributed by atoms with E-state index in [0.717, 1.165) is 10.7 Å². The van der Waals surface area contributed by atoms with Crippen molar-refractivity contribution in [3.05, 3.63) is 27.8 Å². The average Bonchev–Trinajstić information content (AvgIpc) is 2.73. The predicted molar refractivity (Wildman–Crippen MR) is 67.6 cm³/mol. The summed E-state index contributed by atoms with van der Waals surface area (Å²) < 4.78 is 0. The molecule has 0 amide bonds. The summed E-state index contributed by atoms with van der Waals surface area (Å²) in [7, 11) is 0. The molecule has 0 aliphatic carbocycles. The number of anilines is 1. The second-order valence-electron chi connectivity index (χ2n) is 3.21. The van der Waals surface area contributed by atoms with Crippen molar-refractivity contribution in [3.8, 4) is 6.07 Å². The summed E-state index contributed by atoms with van der Waals surface area (Å²) in [5.74, 6) is 0.926. The lowest BCUT2D eigenvalue weighted by Gasteiger charge is -2.00. The number of aromatic nitrogens is 3. The van der Waals surface area contributed by atoms with Gasteiger partial charge in [-0.3, -0.25) is 0 Å². The van der Waals surface area contributed by atoms with Gasteiger partial charge in [0.25, 0.3) is 0 Å². The van der Waals surface area contributed by atoms with Gasteiger partial charge in [0.1, 0.15) is 17.5 Å². The molecule has 17 heavy (non-hydrogen) atoms. The molecule has 2 aromatic heterocycles. The van der Waals surface area contributed by atoms with E-state index in [1.54, 1.807) is 11.3 Å². The van der Waals surface area contributed by atoms with E-state index >= 15 is 0 Å². The van der Waals surface area contributed by atoms with Gasteiger partial charge in [-0.2, -0.15) is 5.26 Å². The summed E-state index contributed by atoms with van der Waals surface area (Å²) in [4.78, 5) is 12.4. The van der Waals surface area contributed by atoms with E-state index in [0.29, 0.717) is 16.5 Å². The van der Waals surface area contributed by atoms with Crippen molar-refractivity contribution < 1.29 is 0 Å². The maximum absolute atomic E-state index is 8.69. The van der Waals surface area contributed by atoms with Crippen molar-refractivity contribution in [2.45, 2.75) is 17.8 Å². The Balaban J connectivity index is 2.05. The van der Waals surface area contributed by atoms with E-state index in [1.807, 2.05) is 18.4 Å². The Bertz CT molecular complexity index is 572. The molecule has 2 aromatic rings. The second-order valence-corrected chi connectivity index (χ2v) is 5.21. The van der Waals surface area contributed by atoms with E-state index in [9.17, 15) is 0 Å². The summed E-state index contributed by atoms with van der Waals surface area (Å²) in [6.45, 7) is 1.97. The van der Waals surface area contributed by atoms with Crippen LogP contribution in [-0.2, 0) is 5.75 Å². The highest BCUT2D eigenvalue weighted by Gasteiger charge is 2.05. The minimum absolute atomic E-state index is 0.222. The van der Waals surface area contributed by atoms with Crippen molar-refractivity contribution >= 4 is 28.9 Å². The Kier molecular flexibility index (Phi) is 3.56. The van der Waals surface area contributed by atoms with Gasteiger partial charge in [0, 0.05) is 11.1 Å². The summed E-state index contributed by atoms with van der Waals surface area (Å²) in [5.41, 5.74) is 6.91. The van der Waals surface area contributed by atoms with Crippen molar-refractivity contribution in [2.24, 2.45) is 0 Å². The summed E-state index contributed by atoms with van der Waals surface area (Å²) in [6.07, 6.45) is 1.44. The van der Waals surface area contributed by atoms with Crippen molar-refractivity contribution in [3.63, 3.8) is 0 Å². The third kappa shape index (κ3) is 2.93. The highest BCUT2D eigenvalue weighted by Crippen LogP contribution is 2.21. The van der Waals surface area contributed by atoms with Crippen LogP contribution in [0.5, 0.6) is 0 Å². The molecule has 0 atom stereocenters. The fourth-order valence-corrected chi connectivity index (χ4v) is 2.58. The maximum Gasteiger partial charge on any atom is 0.189 e. The van der Waals surface area contributed by atoms with E-state index in [4.69, 9.17) is 11.0 Å². The number of nitrogens with two attached hydrogens (primary N) is 1. The van der Waals surface area contributed by atoms with Crippen LogP contribution in [0.25, 0.3) is 0 Å². The zero-order valence-electron chi connectivity index (χ0n) is 9.04. The first kappa shape index (κ1) is 11.8. The zero-order chi connectivity index (χ0) is 12.3.